The Morgan fingerprint density at radius 2 is 2.06 bits per heavy atom. The monoisotopic (exact) mass is 254 g/mol. The highest BCUT2D eigenvalue weighted by molar-refractivity contribution is 5.79. The number of rotatable bonds is 3. The maximum absolute atomic E-state index is 12.5. The van der Waals surface area contributed by atoms with Crippen LogP contribution in [0.15, 0.2) is 0 Å². The molecule has 0 bridgehead atoms. The number of ether oxygens (including phenoxy) is 1. The first-order valence-electron chi connectivity index (χ1n) is 7.28. The molecule has 18 heavy (non-hydrogen) atoms. The van der Waals surface area contributed by atoms with E-state index in [9.17, 15) is 4.79 Å². The van der Waals surface area contributed by atoms with Gasteiger partial charge in [0.2, 0.25) is 5.91 Å². The molecule has 0 radical (unpaired) electrons. The topological polar surface area (TPSA) is 55.6 Å². The van der Waals surface area contributed by atoms with Gasteiger partial charge in [0.1, 0.15) is 0 Å². The Morgan fingerprint density at radius 3 is 2.72 bits per heavy atom. The van der Waals surface area contributed by atoms with Gasteiger partial charge in [-0.1, -0.05) is 12.8 Å². The highest BCUT2D eigenvalue weighted by Gasteiger charge is 2.33. The van der Waals surface area contributed by atoms with Crippen molar-refractivity contribution in [1.82, 2.24) is 4.90 Å². The molecule has 4 heteroatoms. The fourth-order valence-corrected chi connectivity index (χ4v) is 3.36. The second-order valence-electron chi connectivity index (χ2n) is 5.71. The van der Waals surface area contributed by atoms with E-state index in [1.807, 2.05) is 11.9 Å². The van der Waals surface area contributed by atoms with Crippen molar-refractivity contribution < 1.29 is 9.53 Å². The van der Waals surface area contributed by atoms with Crippen molar-refractivity contribution in [3.63, 3.8) is 0 Å². The summed E-state index contributed by atoms with van der Waals surface area (Å²) in [5.74, 6) is 0.821. The zero-order chi connectivity index (χ0) is 13.0. The Kier molecular flexibility index (Phi) is 5.01. The lowest BCUT2D eigenvalue weighted by atomic mass is 9.83. The van der Waals surface area contributed by atoms with Crippen molar-refractivity contribution in [3.05, 3.63) is 0 Å². The average molecular weight is 254 g/mol. The first kappa shape index (κ1) is 13.8. The molecule has 0 aromatic heterocycles. The maximum atomic E-state index is 12.5. The largest absolute Gasteiger partial charge is 0.381 e. The smallest absolute Gasteiger partial charge is 0.228 e. The fraction of sp³-hybridized carbons (Fsp3) is 0.929. The summed E-state index contributed by atoms with van der Waals surface area (Å²) in [7, 11) is 1.95. The summed E-state index contributed by atoms with van der Waals surface area (Å²) in [5.41, 5.74) is 5.85. The summed E-state index contributed by atoms with van der Waals surface area (Å²) in [6.07, 6.45) is 6.74. The summed E-state index contributed by atoms with van der Waals surface area (Å²) >= 11 is 0. The summed E-state index contributed by atoms with van der Waals surface area (Å²) in [6, 6.07) is 0.346. The zero-order valence-corrected chi connectivity index (χ0v) is 11.4. The maximum Gasteiger partial charge on any atom is 0.228 e. The van der Waals surface area contributed by atoms with Crippen molar-refractivity contribution in [1.29, 1.82) is 0 Å². The Balaban J connectivity index is 1.95. The molecule has 2 rings (SSSR count). The van der Waals surface area contributed by atoms with E-state index >= 15 is 0 Å². The summed E-state index contributed by atoms with van der Waals surface area (Å²) in [4.78, 5) is 14.4. The van der Waals surface area contributed by atoms with E-state index in [1.54, 1.807) is 0 Å². The standard InChI is InChI=1S/C14H26N2O2/c1-16(13-7-3-2-5-11(13)9-15)14(17)12-6-4-8-18-10-12/h11-13H,2-10,15H2,1H3. The van der Waals surface area contributed by atoms with Gasteiger partial charge in [-0.15, -0.1) is 0 Å². The SMILES string of the molecule is CN(C(=O)C1CCCOC1)C1CCCCC1CN. The average Bonchev–Trinajstić information content (AvgIpc) is 2.46. The molecule has 0 aromatic rings. The third kappa shape index (κ3) is 3.04. The van der Waals surface area contributed by atoms with Crippen molar-refractivity contribution >= 4 is 5.91 Å². The molecule has 1 heterocycles. The van der Waals surface area contributed by atoms with Crippen LogP contribution in [0.4, 0.5) is 0 Å². The Labute approximate surface area is 110 Å². The van der Waals surface area contributed by atoms with Crippen LogP contribution in [-0.2, 0) is 9.53 Å². The molecule has 4 nitrogen and oxygen atoms in total. The van der Waals surface area contributed by atoms with Crippen LogP contribution in [0.25, 0.3) is 0 Å². The first-order chi connectivity index (χ1) is 8.74. The van der Waals surface area contributed by atoms with Crippen LogP contribution < -0.4 is 5.73 Å². The van der Waals surface area contributed by atoms with Gasteiger partial charge in [-0.05, 0) is 38.1 Å². The van der Waals surface area contributed by atoms with Gasteiger partial charge in [-0.2, -0.15) is 0 Å². The molecule has 3 unspecified atom stereocenters. The predicted molar refractivity (Wildman–Crippen MR) is 71.1 cm³/mol. The summed E-state index contributed by atoms with van der Waals surface area (Å²) in [6.45, 7) is 2.11. The number of carbonyl (C=O) groups is 1. The molecular formula is C14H26N2O2. The van der Waals surface area contributed by atoms with E-state index < -0.39 is 0 Å². The minimum atomic E-state index is 0.0732. The van der Waals surface area contributed by atoms with Crippen LogP contribution in [0.3, 0.4) is 0 Å². The van der Waals surface area contributed by atoms with E-state index in [1.165, 1.54) is 19.3 Å². The fourth-order valence-electron chi connectivity index (χ4n) is 3.36. The second-order valence-corrected chi connectivity index (χ2v) is 5.71. The molecule has 2 N–H and O–H groups in total. The van der Waals surface area contributed by atoms with Gasteiger partial charge in [0, 0.05) is 19.7 Å². The van der Waals surface area contributed by atoms with Crippen molar-refractivity contribution in [3.8, 4) is 0 Å². The van der Waals surface area contributed by atoms with Crippen LogP contribution in [0.5, 0.6) is 0 Å². The van der Waals surface area contributed by atoms with Crippen LogP contribution in [0.2, 0.25) is 0 Å². The second kappa shape index (κ2) is 6.53. The minimum absolute atomic E-state index is 0.0732. The highest BCUT2D eigenvalue weighted by Crippen LogP contribution is 2.29. The number of hydrogen-bond acceptors (Lipinski definition) is 3. The minimum Gasteiger partial charge on any atom is -0.381 e. The Hall–Kier alpha value is -0.610. The molecule has 0 aromatic carbocycles. The van der Waals surface area contributed by atoms with Gasteiger partial charge in [0.25, 0.3) is 0 Å². The molecule has 3 atom stereocenters. The number of nitrogens with two attached hydrogens (primary N) is 1. The van der Waals surface area contributed by atoms with Crippen LogP contribution >= 0.6 is 0 Å². The van der Waals surface area contributed by atoms with Crippen LogP contribution in [-0.4, -0.2) is 43.7 Å². The molecular weight excluding hydrogens is 228 g/mol. The molecule has 0 spiro atoms. The summed E-state index contributed by atoms with van der Waals surface area (Å²) < 4.78 is 5.42. The first-order valence-corrected chi connectivity index (χ1v) is 7.28. The number of nitrogens with zero attached hydrogens (tertiary/aromatic N) is 1. The van der Waals surface area contributed by atoms with E-state index in [0.717, 1.165) is 25.9 Å². The van der Waals surface area contributed by atoms with Crippen molar-refractivity contribution in [2.75, 3.05) is 26.8 Å². The molecule has 1 aliphatic heterocycles. The molecule has 1 amide bonds. The lowest BCUT2D eigenvalue weighted by molar-refractivity contribution is -0.142. The molecule has 2 aliphatic rings. The quantitative estimate of drug-likeness (QED) is 0.828. The van der Waals surface area contributed by atoms with E-state index in [4.69, 9.17) is 10.5 Å². The van der Waals surface area contributed by atoms with Gasteiger partial charge in [0.05, 0.1) is 12.5 Å². The van der Waals surface area contributed by atoms with Gasteiger partial charge in [-0.25, -0.2) is 0 Å². The van der Waals surface area contributed by atoms with Gasteiger partial charge in [-0.3, -0.25) is 4.79 Å². The van der Waals surface area contributed by atoms with Gasteiger partial charge >= 0.3 is 0 Å². The van der Waals surface area contributed by atoms with E-state index in [2.05, 4.69) is 0 Å². The molecule has 104 valence electrons. The van der Waals surface area contributed by atoms with Crippen molar-refractivity contribution in [2.24, 2.45) is 17.6 Å². The molecule has 2 fully saturated rings. The van der Waals surface area contributed by atoms with E-state index in [0.29, 0.717) is 25.1 Å². The number of carbonyl (C=O) groups excluding carboxylic acids is 1. The number of amides is 1. The van der Waals surface area contributed by atoms with Crippen LogP contribution in [0, 0.1) is 11.8 Å². The normalized spacial score (nSPS) is 33.1. The molecule has 1 saturated carbocycles. The lowest BCUT2D eigenvalue weighted by Crippen LogP contribution is -2.49. The number of hydrogen-bond donors (Lipinski definition) is 1. The Morgan fingerprint density at radius 1 is 1.28 bits per heavy atom. The summed E-state index contributed by atoms with van der Waals surface area (Å²) in [5, 5.41) is 0. The van der Waals surface area contributed by atoms with Crippen molar-refractivity contribution in [2.45, 2.75) is 44.6 Å². The highest BCUT2D eigenvalue weighted by atomic mass is 16.5. The lowest BCUT2D eigenvalue weighted by Gasteiger charge is -2.39. The van der Waals surface area contributed by atoms with Gasteiger partial charge < -0.3 is 15.4 Å². The van der Waals surface area contributed by atoms with E-state index in [-0.39, 0.29) is 11.8 Å². The predicted octanol–water partition coefficient (Wildman–Crippen LogP) is 1.39. The third-order valence-corrected chi connectivity index (χ3v) is 4.53. The van der Waals surface area contributed by atoms with Crippen LogP contribution in [0.1, 0.15) is 38.5 Å². The molecule has 1 aliphatic carbocycles. The Bertz CT molecular complexity index is 277. The van der Waals surface area contributed by atoms with Gasteiger partial charge in [0.15, 0.2) is 0 Å². The molecule has 1 saturated heterocycles. The third-order valence-electron chi connectivity index (χ3n) is 4.53. The zero-order valence-electron chi connectivity index (χ0n) is 11.4.